The Morgan fingerprint density at radius 3 is 2.50 bits per heavy atom. The summed E-state index contributed by atoms with van der Waals surface area (Å²) in [6.45, 7) is 0. The van der Waals surface area contributed by atoms with Gasteiger partial charge in [0, 0.05) is 17.3 Å². The number of unbranched alkanes of at least 4 members (excludes halogenated alkanes) is 1. The highest BCUT2D eigenvalue weighted by Crippen LogP contribution is 2.16. The first-order valence-electron chi connectivity index (χ1n) is 4.17. The predicted molar refractivity (Wildman–Crippen MR) is 55.6 cm³/mol. The lowest BCUT2D eigenvalue weighted by Gasteiger charge is -2.00. The second-order valence-corrected chi connectivity index (χ2v) is 3.56. The summed E-state index contributed by atoms with van der Waals surface area (Å²) >= 11 is 3.36. The summed E-state index contributed by atoms with van der Waals surface area (Å²) in [5.41, 5.74) is 0.963. The lowest BCUT2D eigenvalue weighted by molar-refractivity contribution is 0.380. The Labute approximate surface area is 81.6 Å². The third-order valence-corrected chi connectivity index (χ3v) is 2.35. The molecular formula is C10H13BrO. The molecule has 0 fully saturated rings. The second kappa shape index (κ2) is 5.20. The van der Waals surface area contributed by atoms with Gasteiger partial charge in [0.1, 0.15) is 0 Å². The molecule has 0 heterocycles. The van der Waals surface area contributed by atoms with Crippen LogP contribution in [0, 0.1) is 0 Å². The van der Waals surface area contributed by atoms with E-state index < -0.39 is 0 Å². The fraction of sp³-hybridized carbons (Fsp3) is 0.400. The Morgan fingerprint density at radius 2 is 1.92 bits per heavy atom. The Hall–Kier alpha value is -0.500. The molecule has 0 unspecified atom stereocenters. The van der Waals surface area contributed by atoms with Crippen molar-refractivity contribution < 1.29 is 5.11 Å². The van der Waals surface area contributed by atoms with Crippen LogP contribution in [0.3, 0.4) is 0 Å². The van der Waals surface area contributed by atoms with Gasteiger partial charge < -0.3 is 5.11 Å². The van der Waals surface area contributed by atoms with E-state index in [1.807, 2.05) is 24.3 Å². The number of halogens is 1. The van der Waals surface area contributed by atoms with Crippen molar-refractivity contribution in [3.05, 3.63) is 35.6 Å². The minimum Gasteiger partial charge on any atom is -0.512 e. The molecule has 0 aromatic carbocycles. The molecule has 0 radical (unpaired) electrons. The first kappa shape index (κ1) is 9.59. The summed E-state index contributed by atoms with van der Waals surface area (Å²) < 4.78 is 0. The SMILES string of the molecule is OC(CCCCBr)=C1C=CC=C1. The zero-order chi connectivity index (χ0) is 8.81. The van der Waals surface area contributed by atoms with Gasteiger partial charge in [0.25, 0.3) is 0 Å². The highest BCUT2D eigenvalue weighted by atomic mass is 79.9. The van der Waals surface area contributed by atoms with Gasteiger partial charge in [0.15, 0.2) is 0 Å². The van der Waals surface area contributed by atoms with E-state index in [1.54, 1.807) is 0 Å². The van der Waals surface area contributed by atoms with E-state index >= 15 is 0 Å². The molecule has 0 amide bonds. The highest BCUT2D eigenvalue weighted by molar-refractivity contribution is 9.09. The van der Waals surface area contributed by atoms with Crippen molar-refractivity contribution in [1.82, 2.24) is 0 Å². The summed E-state index contributed by atoms with van der Waals surface area (Å²) in [4.78, 5) is 0. The number of allylic oxidation sites excluding steroid dienone is 6. The zero-order valence-corrected chi connectivity index (χ0v) is 8.55. The quantitative estimate of drug-likeness (QED) is 0.444. The Kier molecular flexibility index (Phi) is 4.15. The molecule has 1 aliphatic rings. The Balaban J connectivity index is 2.36. The van der Waals surface area contributed by atoms with Crippen LogP contribution in [0.2, 0.25) is 0 Å². The van der Waals surface area contributed by atoms with Crippen molar-refractivity contribution >= 4 is 15.9 Å². The summed E-state index contributed by atoms with van der Waals surface area (Å²) in [5.74, 6) is 0.515. The van der Waals surface area contributed by atoms with E-state index in [9.17, 15) is 5.11 Å². The van der Waals surface area contributed by atoms with Gasteiger partial charge in [-0.3, -0.25) is 0 Å². The van der Waals surface area contributed by atoms with Crippen molar-refractivity contribution in [3.63, 3.8) is 0 Å². The van der Waals surface area contributed by atoms with Gasteiger partial charge in [-0.1, -0.05) is 40.2 Å². The number of aliphatic hydroxyl groups excluding tert-OH is 1. The third-order valence-electron chi connectivity index (χ3n) is 1.79. The van der Waals surface area contributed by atoms with Crippen molar-refractivity contribution in [1.29, 1.82) is 0 Å². The largest absolute Gasteiger partial charge is 0.512 e. The second-order valence-electron chi connectivity index (χ2n) is 2.77. The first-order valence-corrected chi connectivity index (χ1v) is 5.29. The number of hydrogen-bond donors (Lipinski definition) is 1. The topological polar surface area (TPSA) is 20.2 Å². The third kappa shape index (κ3) is 2.86. The average Bonchev–Trinajstić information content (AvgIpc) is 2.56. The maximum absolute atomic E-state index is 9.54. The molecule has 0 bridgehead atoms. The Bertz CT molecular complexity index is 212. The predicted octanol–water partition coefficient (Wildman–Crippen LogP) is 3.49. The molecule has 2 heteroatoms. The zero-order valence-electron chi connectivity index (χ0n) is 6.96. The molecule has 0 saturated heterocycles. The van der Waals surface area contributed by atoms with Crippen LogP contribution in [0.5, 0.6) is 0 Å². The molecule has 0 aliphatic heterocycles. The van der Waals surface area contributed by atoms with Gasteiger partial charge in [0.2, 0.25) is 0 Å². The molecule has 66 valence electrons. The van der Waals surface area contributed by atoms with Gasteiger partial charge in [-0.15, -0.1) is 0 Å². The van der Waals surface area contributed by atoms with Crippen LogP contribution < -0.4 is 0 Å². The van der Waals surface area contributed by atoms with Crippen molar-refractivity contribution in [2.75, 3.05) is 5.33 Å². The molecule has 1 N–H and O–H groups in total. The van der Waals surface area contributed by atoms with Gasteiger partial charge in [-0.05, 0) is 12.8 Å². The monoisotopic (exact) mass is 228 g/mol. The van der Waals surface area contributed by atoms with Crippen LogP contribution in [0.1, 0.15) is 19.3 Å². The van der Waals surface area contributed by atoms with E-state index in [2.05, 4.69) is 15.9 Å². The first-order chi connectivity index (χ1) is 5.84. The van der Waals surface area contributed by atoms with Gasteiger partial charge >= 0.3 is 0 Å². The van der Waals surface area contributed by atoms with E-state index in [0.29, 0.717) is 5.76 Å². The molecule has 0 aromatic rings. The van der Waals surface area contributed by atoms with Crippen molar-refractivity contribution in [3.8, 4) is 0 Å². The van der Waals surface area contributed by atoms with Crippen LogP contribution in [0.4, 0.5) is 0 Å². The minimum absolute atomic E-state index is 0.515. The van der Waals surface area contributed by atoms with E-state index in [4.69, 9.17) is 0 Å². The molecular weight excluding hydrogens is 216 g/mol. The van der Waals surface area contributed by atoms with Crippen molar-refractivity contribution in [2.24, 2.45) is 0 Å². The normalized spacial score (nSPS) is 14.2. The number of hydrogen-bond acceptors (Lipinski definition) is 1. The molecule has 1 aliphatic carbocycles. The standard InChI is InChI=1S/C10H13BrO/c11-8-4-3-7-10(12)9-5-1-2-6-9/h1-2,5-6,12H,3-4,7-8H2. The van der Waals surface area contributed by atoms with Gasteiger partial charge in [-0.2, -0.15) is 0 Å². The minimum atomic E-state index is 0.515. The molecule has 1 rings (SSSR count). The summed E-state index contributed by atoms with van der Waals surface area (Å²) in [7, 11) is 0. The van der Waals surface area contributed by atoms with Crippen molar-refractivity contribution in [2.45, 2.75) is 19.3 Å². The van der Waals surface area contributed by atoms with Crippen LogP contribution in [-0.2, 0) is 0 Å². The molecule has 1 nitrogen and oxygen atoms in total. The van der Waals surface area contributed by atoms with Crippen LogP contribution in [0.15, 0.2) is 35.6 Å². The lowest BCUT2D eigenvalue weighted by atomic mass is 10.1. The molecule has 0 spiro atoms. The average molecular weight is 229 g/mol. The van der Waals surface area contributed by atoms with Crippen LogP contribution in [0.25, 0.3) is 0 Å². The fourth-order valence-electron chi connectivity index (χ4n) is 1.10. The highest BCUT2D eigenvalue weighted by Gasteiger charge is 2.01. The van der Waals surface area contributed by atoms with Gasteiger partial charge in [-0.25, -0.2) is 0 Å². The summed E-state index contributed by atoms with van der Waals surface area (Å²) in [6.07, 6.45) is 10.7. The maximum Gasteiger partial charge on any atom is 0.0994 e. The smallest absolute Gasteiger partial charge is 0.0994 e. The molecule has 0 atom stereocenters. The lowest BCUT2D eigenvalue weighted by Crippen LogP contribution is -1.86. The summed E-state index contributed by atoms with van der Waals surface area (Å²) in [5, 5.41) is 10.6. The number of alkyl halides is 1. The summed E-state index contributed by atoms with van der Waals surface area (Å²) in [6, 6.07) is 0. The molecule has 0 aromatic heterocycles. The maximum atomic E-state index is 9.54. The van der Waals surface area contributed by atoms with E-state index in [0.717, 1.165) is 30.2 Å². The van der Waals surface area contributed by atoms with Crippen LogP contribution in [-0.4, -0.2) is 10.4 Å². The van der Waals surface area contributed by atoms with Crippen LogP contribution >= 0.6 is 15.9 Å². The number of rotatable bonds is 4. The van der Waals surface area contributed by atoms with Gasteiger partial charge in [0.05, 0.1) is 5.76 Å². The molecule has 12 heavy (non-hydrogen) atoms. The Morgan fingerprint density at radius 1 is 1.25 bits per heavy atom. The fourth-order valence-corrected chi connectivity index (χ4v) is 1.49. The van der Waals surface area contributed by atoms with E-state index in [1.165, 1.54) is 0 Å². The molecule has 0 saturated carbocycles. The number of aliphatic hydroxyl groups is 1. The van der Waals surface area contributed by atoms with E-state index in [-0.39, 0.29) is 0 Å².